The van der Waals surface area contributed by atoms with Crippen molar-refractivity contribution in [1.29, 1.82) is 0 Å². The fourth-order valence-corrected chi connectivity index (χ4v) is 5.03. The van der Waals surface area contributed by atoms with Crippen LogP contribution >= 0.6 is 23.4 Å². The van der Waals surface area contributed by atoms with Crippen molar-refractivity contribution in [2.75, 3.05) is 12.5 Å². The van der Waals surface area contributed by atoms with Gasteiger partial charge in [-0.25, -0.2) is 4.79 Å². The molecule has 2 amide bonds. The van der Waals surface area contributed by atoms with Gasteiger partial charge < -0.3 is 19.5 Å². The van der Waals surface area contributed by atoms with Gasteiger partial charge in [-0.2, -0.15) is 0 Å². The van der Waals surface area contributed by atoms with Gasteiger partial charge in [0.1, 0.15) is 17.0 Å². The largest absolute Gasteiger partial charge is 0.454 e. The number of amides is 2. The summed E-state index contributed by atoms with van der Waals surface area (Å²) in [6, 6.07) is 12.2. The fraction of sp³-hybridized carbons (Fsp3) is 0.391. The number of benzene rings is 2. The van der Waals surface area contributed by atoms with Crippen molar-refractivity contribution in [1.82, 2.24) is 10.2 Å². The third-order valence-corrected chi connectivity index (χ3v) is 6.54. The van der Waals surface area contributed by atoms with Crippen LogP contribution in [0.15, 0.2) is 42.5 Å². The highest BCUT2D eigenvalue weighted by molar-refractivity contribution is 7.99. The molecule has 4 rings (SSSR count). The molecule has 1 fully saturated rings. The van der Waals surface area contributed by atoms with Crippen molar-refractivity contribution in [2.24, 2.45) is 0 Å². The van der Waals surface area contributed by atoms with Crippen molar-refractivity contribution >= 4 is 35.4 Å². The molecule has 0 radical (unpaired) electrons. The van der Waals surface area contributed by atoms with E-state index in [1.165, 1.54) is 16.7 Å². The number of thioether (sulfide) groups is 1. The molecule has 2 aromatic rings. The Morgan fingerprint density at radius 1 is 1.16 bits per heavy atom. The summed E-state index contributed by atoms with van der Waals surface area (Å²) in [4.78, 5) is 27.7. The number of carbonyl (C=O) groups is 2. The normalized spacial score (nSPS) is 19.7. The van der Waals surface area contributed by atoms with Crippen molar-refractivity contribution in [3.8, 4) is 11.5 Å². The summed E-state index contributed by atoms with van der Waals surface area (Å²) in [7, 11) is 0. The molecule has 0 spiro atoms. The smallest absolute Gasteiger partial charge is 0.412 e. The molecule has 0 aliphatic carbocycles. The highest BCUT2D eigenvalue weighted by atomic mass is 35.5. The summed E-state index contributed by atoms with van der Waals surface area (Å²) in [6.45, 7) is 5.92. The summed E-state index contributed by atoms with van der Waals surface area (Å²) in [5, 5.41) is 3.21. The molecule has 0 bridgehead atoms. The van der Waals surface area contributed by atoms with E-state index in [0.717, 1.165) is 11.1 Å². The molecule has 2 atom stereocenters. The zero-order valence-electron chi connectivity index (χ0n) is 18.1. The maximum absolute atomic E-state index is 13.1. The molecular weight excluding hydrogens is 452 g/mol. The lowest BCUT2D eigenvalue weighted by atomic mass is 10.1. The van der Waals surface area contributed by atoms with Crippen molar-refractivity contribution < 1.29 is 23.8 Å². The van der Waals surface area contributed by atoms with Gasteiger partial charge in [-0.3, -0.25) is 9.69 Å². The van der Waals surface area contributed by atoms with E-state index in [1.807, 2.05) is 30.3 Å². The van der Waals surface area contributed by atoms with E-state index < -0.39 is 17.7 Å². The van der Waals surface area contributed by atoms with Crippen LogP contribution in [0.1, 0.15) is 37.3 Å². The lowest BCUT2D eigenvalue weighted by molar-refractivity contribution is -0.125. The number of nitrogens with zero attached hydrogens (tertiary/aromatic N) is 1. The Bertz CT molecular complexity index is 1010. The number of rotatable bonds is 4. The number of nitrogens with one attached hydrogen (secondary N) is 1. The zero-order valence-corrected chi connectivity index (χ0v) is 19.7. The molecule has 0 aromatic heterocycles. The predicted octanol–water partition coefficient (Wildman–Crippen LogP) is 4.74. The first-order valence-electron chi connectivity index (χ1n) is 10.3. The van der Waals surface area contributed by atoms with Gasteiger partial charge in [-0.05, 0) is 56.2 Å². The van der Waals surface area contributed by atoms with Gasteiger partial charge in [0.2, 0.25) is 12.7 Å². The van der Waals surface area contributed by atoms with E-state index in [1.54, 1.807) is 32.9 Å². The predicted molar refractivity (Wildman–Crippen MR) is 123 cm³/mol. The van der Waals surface area contributed by atoms with Gasteiger partial charge in [-0.15, -0.1) is 11.8 Å². The molecule has 2 aromatic carbocycles. The van der Waals surface area contributed by atoms with Crippen LogP contribution in [-0.2, 0) is 16.1 Å². The fourth-order valence-electron chi connectivity index (χ4n) is 3.49. The monoisotopic (exact) mass is 476 g/mol. The highest BCUT2D eigenvalue weighted by Crippen LogP contribution is 2.42. The molecule has 170 valence electrons. The van der Waals surface area contributed by atoms with Gasteiger partial charge in [0.25, 0.3) is 0 Å². The van der Waals surface area contributed by atoms with Gasteiger partial charge in [-0.1, -0.05) is 29.8 Å². The maximum Gasteiger partial charge on any atom is 0.412 e. The SMILES string of the molecule is CC(C)(C)OC(=O)N1[C@@H](C(=O)NCc2ccc3c(c2)OCO3)CS[C@H]1c1ccc(Cl)cc1. The molecule has 2 aliphatic rings. The minimum absolute atomic E-state index is 0.196. The maximum atomic E-state index is 13.1. The number of ether oxygens (including phenoxy) is 3. The molecule has 0 unspecified atom stereocenters. The van der Waals surface area contributed by atoms with E-state index in [2.05, 4.69) is 5.32 Å². The van der Waals surface area contributed by atoms with Crippen molar-refractivity contribution in [3.63, 3.8) is 0 Å². The average molecular weight is 477 g/mol. The number of fused-ring (bicyclic) bond motifs is 1. The lowest BCUT2D eigenvalue weighted by Gasteiger charge is -2.31. The number of hydrogen-bond donors (Lipinski definition) is 1. The summed E-state index contributed by atoms with van der Waals surface area (Å²) >= 11 is 7.55. The van der Waals surface area contributed by atoms with Crippen LogP contribution in [0.25, 0.3) is 0 Å². The Morgan fingerprint density at radius 3 is 2.59 bits per heavy atom. The van der Waals surface area contributed by atoms with E-state index >= 15 is 0 Å². The lowest BCUT2D eigenvalue weighted by Crippen LogP contribution is -2.49. The molecule has 0 saturated carbocycles. The van der Waals surface area contributed by atoms with Gasteiger partial charge in [0.05, 0.1) is 0 Å². The first-order valence-corrected chi connectivity index (χ1v) is 11.7. The second-order valence-electron chi connectivity index (χ2n) is 8.55. The molecule has 7 nitrogen and oxygen atoms in total. The van der Waals surface area contributed by atoms with Crippen LogP contribution in [0.4, 0.5) is 4.79 Å². The van der Waals surface area contributed by atoms with E-state index in [9.17, 15) is 9.59 Å². The van der Waals surface area contributed by atoms with Crippen molar-refractivity contribution in [3.05, 3.63) is 58.6 Å². The Hall–Kier alpha value is -2.58. The van der Waals surface area contributed by atoms with E-state index in [-0.39, 0.29) is 18.1 Å². The van der Waals surface area contributed by atoms with Crippen LogP contribution in [-0.4, -0.2) is 41.1 Å². The second-order valence-corrected chi connectivity index (χ2v) is 10.1. The molecule has 1 N–H and O–H groups in total. The summed E-state index contributed by atoms with van der Waals surface area (Å²) in [5.74, 6) is 1.57. The van der Waals surface area contributed by atoms with Crippen molar-refractivity contribution in [2.45, 2.75) is 44.3 Å². The van der Waals surface area contributed by atoms with Gasteiger partial charge in [0, 0.05) is 17.3 Å². The number of carbonyl (C=O) groups excluding carboxylic acids is 2. The Kier molecular flexibility index (Phi) is 6.44. The highest BCUT2D eigenvalue weighted by Gasteiger charge is 2.44. The minimum atomic E-state index is -0.678. The molecule has 2 aliphatic heterocycles. The first kappa shape index (κ1) is 22.6. The topological polar surface area (TPSA) is 77.1 Å². The molecule has 9 heteroatoms. The molecule has 32 heavy (non-hydrogen) atoms. The van der Waals surface area contributed by atoms with E-state index in [0.29, 0.717) is 28.8 Å². The zero-order chi connectivity index (χ0) is 22.9. The Balaban J connectivity index is 1.50. The van der Waals surface area contributed by atoms with Crippen LogP contribution < -0.4 is 14.8 Å². The molecule has 2 heterocycles. The Morgan fingerprint density at radius 2 is 1.88 bits per heavy atom. The third-order valence-electron chi connectivity index (χ3n) is 4.97. The number of halogens is 1. The second kappa shape index (κ2) is 9.11. The van der Waals surface area contributed by atoms with Gasteiger partial charge in [0.15, 0.2) is 11.5 Å². The Labute approximate surface area is 196 Å². The molecule has 1 saturated heterocycles. The summed E-state index contributed by atoms with van der Waals surface area (Å²) < 4.78 is 16.3. The van der Waals surface area contributed by atoms with Crippen LogP contribution in [0, 0.1) is 0 Å². The molecular formula is C23H25ClN2O5S. The van der Waals surface area contributed by atoms with E-state index in [4.69, 9.17) is 25.8 Å². The summed E-state index contributed by atoms with van der Waals surface area (Å²) in [6.07, 6.45) is -0.523. The van der Waals surface area contributed by atoms with Crippen LogP contribution in [0.5, 0.6) is 11.5 Å². The average Bonchev–Trinajstić information content (AvgIpc) is 3.38. The standard InChI is InChI=1S/C23H25ClN2O5S/c1-23(2,3)31-22(28)26-17(12-32-21(26)15-5-7-16(24)8-6-15)20(27)25-11-14-4-9-18-19(10-14)30-13-29-18/h4-10,17,21H,11-13H2,1-3H3,(H,25,27)/t17-,21+/m1/s1. The third kappa shape index (κ3) is 5.07. The van der Waals surface area contributed by atoms with Crippen LogP contribution in [0.3, 0.4) is 0 Å². The van der Waals surface area contributed by atoms with Crippen LogP contribution in [0.2, 0.25) is 5.02 Å². The quantitative estimate of drug-likeness (QED) is 0.687. The van der Waals surface area contributed by atoms with Gasteiger partial charge >= 0.3 is 6.09 Å². The first-order chi connectivity index (χ1) is 15.2. The summed E-state index contributed by atoms with van der Waals surface area (Å²) in [5.41, 5.74) is 1.09. The number of hydrogen-bond acceptors (Lipinski definition) is 6. The minimum Gasteiger partial charge on any atom is -0.454 e.